The van der Waals surface area contributed by atoms with Gasteiger partial charge in [-0.05, 0) is 18.6 Å². The maximum atomic E-state index is 14.7. The van der Waals surface area contributed by atoms with Crippen molar-refractivity contribution >= 4 is 12.1 Å². The maximum Gasteiger partial charge on any atom is 0.418 e. The summed E-state index contributed by atoms with van der Waals surface area (Å²) in [6.45, 7) is 4.21. The largest absolute Gasteiger partial charge is 0.463 e. The van der Waals surface area contributed by atoms with Gasteiger partial charge in [-0.15, -0.1) is 6.58 Å². The fourth-order valence-electron chi connectivity index (χ4n) is 2.76. The summed E-state index contributed by atoms with van der Waals surface area (Å²) in [5.74, 6) is -5.31. The standard InChI is InChI=1S/C21H23F2NO5/c1-3-10-21(22,23)18-11-16(13-25)17(19(26)28-4-2)12-24(18)20(27)29-14-15-8-6-5-7-9-15/h3,5-9,11-12,16,25H,1,4,10,13-14H2,2H3/t16-/m1/s1. The van der Waals surface area contributed by atoms with Crippen LogP contribution >= 0.6 is 0 Å². The summed E-state index contributed by atoms with van der Waals surface area (Å²) in [5, 5.41) is 9.58. The monoisotopic (exact) mass is 407 g/mol. The van der Waals surface area contributed by atoms with Crippen LogP contribution in [0.1, 0.15) is 18.9 Å². The van der Waals surface area contributed by atoms with Crippen LogP contribution in [0.15, 0.2) is 66.5 Å². The molecule has 1 aliphatic heterocycles. The Kier molecular flexibility index (Phi) is 7.67. The van der Waals surface area contributed by atoms with E-state index >= 15 is 0 Å². The molecule has 0 saturated carbocycles. The Hall–Kier alpha value is -3.00. The summed E-state index contributed by atoms with van der Waals surface area (Å²) in [7, 11) is 0. The second-order valence-corrected chi connectivity index (χ2v) is 6.25. The van der Waals surface area contributed by atoms with Crippen molar-refractivity contribution in [3.8, 4) is 0 Å². The Bertz CT molecular complexity index is 805. The zero-order valence-electron chi connectivity index (χ0n) is 16.0. The van der Waals surface area contributed by atoms with Crippen molar-refractivity contribution in [3.05, 3.63) is 72.1 Å². The number of allylic oxidation sites excluding steroid dienone is 2. The highest BCUT2D eigenvalue weighted by Crippen LogP contribution is 2.37. The first kappa shape index (κ1) is 22.3. The number of hydrogen-bond acceptors (Lipinski definition) is 5. The Morgan fingerprint density at radius 2 is 1.97 bits per heavy atom. The lowest BCUT2D eigenvalue weighted by Gasteiger charge is -2.32. The molecule has 0 spiro atoms. The number of aliphatic hydroxyl groups excluding tert-OH is 1. The van der Waals surface area contributed by atoms with Crippen LogP contribution in [0.3, 0.4) is 0 Å². The highest BCUT2D eigenvalue weighted by Gasteiger charge is 2.43. The number of carbonyl (C=O) groups excluding carboxylic acids is 2. The average molecular weight is 407 g/mol. The molecule has 1 heterocycles. The SMILES string of the molecule is C=CCC(F)(F)C1=C[C@H](CO)C(C(=O)OCC)=CN1C(=O)OCc1ccccc1. The molecule has 1 atom stereocenters. The number of halogens is 2. The van der Waals surface area contributed by atoms with Crippen molar-refractivity contribution < 1.29 is 33.0 Å². The highest BCUT2D eigenvalue weighted by molar-refractivity contribution is 5.91. The van der Waals surface area contributed by atoms with Crippen LogP contribution in [-0.4, -0.2) is 41.2 Å². The summed E-state index contributed by atoms with van der Waals surface area (Å²) in [6.07, 6.45) is 1.13. The van der Waals surface area contributed by atoms with E-state index in [-0.39, 0.29) is 18.8 Å². The molecule has 6 nitrogen and oxygen atoms in total. The van der Waals surface area contributed by atoms with Crippen molar-refractivity contribution in [3.63, 3.8) is 0 Å². The molecular weight excluding hydrogens is 384 g/mol. The Morgan fingerprint density at radius 3 is 2.55 bits per heavy atom. The first-order valence-corrected chi connectivity index (χ1v) is 9.04. The minimum absolute atomic E-state index is 0.0516. The maximum absolute atomic E-state index is 14.7. The fraction of sp³-hybridized carbons (Fsp3) is 0.333. The van der Waals surface area contributed by atoms with Gasteiger partial charge < -0.3 is 14.6 Å². The predicted molar refractivity (Wildman–Crippen MR) is 102 cm³/mol. The van der Waals surface area contributed by atoms with Crippen molar-refractivity contribution in [2.75, 3.05) is 13.2 Å². The van der Waals surface area contributed by atoms with Crippen LogP contribution in [0.2, 0.25) is 0 Å². The van der Waals surface area contributed by atoms with Gasteiger partial charge in [0.05, 0.1) is 24.5 Å². The molecule has 0 radical (unpaired) electrons. The first-order chi connectivity index (χ1) is 13.8. The lowest BCUT2D eigenvalue weighted by atomic mass is 9.93. The van der Waals surface area contributed by atoms with Gasteiger partial charge in [0.15, 0.2) is 0 Å². The number of nitrogens with zero attached hydrogens (tertiary/aromatic N) is 1. The quantitative estimate of drug-likeness (QED) is 0.524. The molecule has 1 aromatic rings. The molecule has 1 aromatic carbocycles. The van der Waals surface area contributed by atoms with E-state index in [0.29, 0.717) is 10.5 Å². The molecule has 8 heteroatoms. The Balaban J connectivity index is 2.35. The van der Waals surface area contributed by atoms with E-state index in [0.717, 1.165) is 18.4 Å². The number of aliphatic hydroxyl groups is 1. The van der Waals surface area contributed by atoms with Gasteiger partial charge in [0.1, 0.15) is 6.61 Å². The Morgan fingerprint density at radius 1 is 1.28 bits per heavy atom. The van der Waals surface area contributed by atoms with E-state index in [9.17, 15) is 23.5 Å². The van der Waals surface area contributed by atoms with Gasteiger partial charge in [0.25, 0.3) is 5.92 Å². The molecule has 0 bridgehead atoms. The van der Waals surface area contributed by atoms with Crippen LogP contribution in [0.25, 0.3) is 0 Å². The smallest absolute Gasteiger partial charge is 0.418 e. The van der Waals surface area contributed by atoms with Gasteiger partial charge in [-0.1, -0.05) is 36.4 Å². The summed E-state index contributed by atoms with van der Waals surface area (Å²) < 4.78 is 39.4. The number of hydrogen-bond donors (Lipinski definition) is 1. The van der Waals surface area contributed by atoms with Gasteiger partial charge in [-0.25, -0.2) is 9.59 Å². The van der Waals surface area contributed by atoms with E-state index in [2.05, 4.69) is 6.58 Å². The third-order valence-corrected chi connectivity index (χ3v) is 4.17. The van der Waals surface area contributed by atoms with Crippen LogP contribution in [0.4, 0.5) is 13.6 Å². The summed E-state index contributed by atoms with van der Waals surface area (Å²) in [6, 6.07) is 8.72. The molecule has 0 unspecified atom stereocenters. The fourth-order valence-corrected chi connectivity index (χ4v) is 2.76. The van der Waals surface area contributed by atoms with E-state index in [4.69, 9.17) is 9.47 Å². The van der Waals surface area contributed by atoms with Crippen LogP contribution < -0.4 is 0 Å². The molecule has 1 aliphatic rings. The third kappa shape index (κ3) is 5.51. The van der Waals surface area contributed by atoms with Crippen molar-refractivity contribution in [2.24, 2.45) is 5.92 Å². The van der Waals surface area contributed by atoms with Crippen molar-refractivity contribution in [2.45, 2.75) is 25.9 Å². The minimum Gasteiger partial charge on any atom is -0.463 e. The molecular formula is C21H23F2NO5. The molecule has 0 aliphatic carbocycles. The van der Waals surface area contributed by atoms with Crippen LogP contribution in [-0.2, 0) is 20.9 Å². The van der Waals surface area contributed by atoms with Crippen molar-refractivity contribution in [1.29, 1.82) is 0 Å². The average Bonchev–Trinajstić information content (AvgIpc) is 2.71. The second kappa shape index (κ2) is 9.97. The normalized spacial score (nSPS) is 16.6. The van der Waals surface area contributed by atoms with Gasteiger partial charge in [0.2, 0.25) is 0 Å². The third-order valence-electron chi connectivity index (χ3n) is 4.17. The van der Waals surface area contributed by atoms with Gasteiger partial charge in [-0.2, -0.15) is 8.78 Å². The van der Waals surface area contributed by atoms with Gasteiger partial charge >= 0.3 is 12.1 Å². The highest BCUT2D eigenvalue weighted by atomic mass is 19.3. The summed E-state index contributed by atoms with van der Waals surface area (Å²) in [5.41, 5.74) is -0.143. The molecule has 156 valence electrons. The van der Waals surface area contributed by atoms with E-state index < -0.39 is 42.6 Å². The zero-order chi connectivity index (χ0) is 21.4. The molecule has 0 fully saturated rings. The van der Waals surface area contributed by atoms with E-state index in [1.54, 1.807) is 37.3 Å². The van der Waals surface area contributed by atoms with Gasteiger partial charge in [-0.3, -0.25) is 4.90 Å². The zero-order valence-corrected chi connectivity index (χ0v) is 16.0. The van der Waals surface area contributed by atoms with Gasteiger partial charge in [0, 0.05) is 18.5 Å². The lowest BCUT2D eigenvalue weighted by Crippen LogP contribution is -2.40. The van der Waals surface area contributed by atoms with Crippen molar-refractivity contribution in [1.82, 2.24) is 4.90 Å². The second-order valence-electron chi connectivity index (χ2n) is 6.25. The number of rotatable bonds is 8. The molecule has 1 amide bonds. The molecule has 1 N–H and O–H groups in total. The molecule has 29 heavy (non-hydrogen) atoms. The number of esters is 1. The Labute approximate surface area is 167 Å². The number of carbonyl (C=O) groups is 2. The van der Waals surface area contributed by atoms with Crippen LogP contribution in [0.5, 0.6) is 0 Å². The molecule has 0 aromatic heterocycles. The summed E-state index contributed by atoms with van der Waals surface area (Å²) >= 11 is 0. The molecule has 2 rings (SSSR count). The first-order valence-electron chi connectivity index (χ1n) is 9.04. The van der Waals surface area contributed by atoms with E-state index in [1.165, 1.54) is 0 Å². The van der Waals surface area contributed by atoms with E-state index in [1.807, 2.05) is 0 Å². The minimum atomic E-state index is -3.46. The topological polar surface area (TPSA) is 76.1 Å². The number of amides is 1. The lowest BCUT2D eigenvalue weighted by molar-refractivity contribution is -0.139. The number of alkyl halides is 2. The number of ether oxygens (including phenoxy) is 2. The molecule has 0 saturated heterocycles. The summed E-state index contributed by atoms with van der Waals surface area (Å²) in [4.78, 5) is 25.4. The predicted octanol–water partition coefficient (Wildman–Crippen LogP) is 3.79. The van der Waals surface area contributed by atoms with Crippen LogP contribution in [0, 0.1) is 5.92 Å². The number of benzene rings is 1.